The number of aromatic nitrogens is 3. The summed E-state index contributed by atoms with van der Waals surface area (Å²) in [5.74, 6) is 0.260. The summed E-state index contributed by atoms with van der Waals surface area (Å²) in [4.78, 5) is 16.2. The number of piperidine rings is 1. The van der Waals surface area contributed by atoms with Gasteiger partial charge in [0.15, 0.2) is 11.6 Å². The predicted molar refractivity (Wildman–Crippen MR) is 130 cm³/mol. The molecule has 0 radical (unpaired) electrons. The van der Waals surface area contributed by atoms with Gasteiger partial charge in [-0.1, -0.05) is 13.0 Å². The number of halogens is 1. The molecule has 0 spiro atoms. The van der Waals surface area contributed by atoms with Crippen molar-refractivity contribution in [3.8, 4) is 16.9 Å². The lowest BCUT2D eigenvalue weighted by Crippen LogP contribution is -2.29. The molecule has 4 rings (SSSR count). The first kappa shape index (κ1) is 23.9. The first-order chi connectivity index (χ1) is 16.4. The number of benzene rings is 1. The number of nitrogens with one attached hydrogen (secondary N) is 2. The smallest absolute Gasteiger partial charge is 0.222 e. The van der Waals surface area contributed by atoms with E-state index in [9.17, 15) is 9.18 Å². The van der Waals surface area contributed by atoms with E-state index in [1.165, 1.54) is 13.0 Å². The van der Waals surface area contributed by atoms with E-state index in [0.29, 0.717) is 23.2 Å². The van der Waals surface area contributed by atoms with Gasteiger partial charge >= 0.3 is 0 Å². The lowest BCUT2D eigenvalue weighted by Gasteiger charge is -2.23. The van der Waals surface area contributed by atoms with Crippen LogP contribution in [0, 0.1) is 12.7 Å². The van der Waals surface area contributed by atoms with Crippen molar-refractivity contribution < 1.29 is 13.9 Å². The van der Waals surface area contributed by atoms with Crippen molar-refractivity contribution in [1.29, 1.82) is 0 Å². The van der Waals surface area contributed by atoms with Crippen LogP contribution in [0.3, 0.4) is 0 Å². The third-order valence-electron chi connectivity index (χ3n) is 6.40. The van der Waals surface area contributed by atoms with Crippen LogP contribution in [-0.4, -0.2) is 33.8 Å². The summed E-state index contributed by atoms with van der Waals surface area (Å²) in [6, 6.07) is 5.53. The van der Waals surface area contributed by atoms with Crippen LogP contribution in [0.2, 0.25) is 0 Å². The summed E-state index contributed by atoms with van der Waals surface area (Å²) < 4.78 is 22.7. The van der Waals surface area contributed by atoms with Gasteiger partial charge in [-0.25, -0.2) is 9.37 Å². The highest BCUT2D eigenvalue weighted by atomic mass is 19.1. The zero-order valence-electron chi connectivity index (χ0n) is 20.2. The van der Waals surface area contributed by atoms with E-state index >= 15 is 0 Å². The van der Waals surface area contributed by atoms with Gasteiger partial charge in [-0.2, -0.15) is 5.10 Å². The van der Waals surface area contributed by atoms with Crippen molar-refractivity contribution in [2.24, 2.45) is 0 Å². The summed E-state index contributed by atoms with van der Waals surface area (Å²) in [6.45, 7) is 9.10. The van der Waals surface area contributed by atoms with Crippen LogP contribution < -0.4 is 15.4 Å². The maximum Gasteiger partial charge on any atom is 0.222 e. The van der Waals surface area contributed by atoms with E-state index in [0.717, 1.165) is 54.6 Å². The molecule has 1 aromatic carbocycles. The Kier molecular flexibility index (Phi) is 7.26. The molecule has 7 nitrogen and oxygen atoms in total. The van der Waals surface area contributed by atoms with Gasteiger partial charge in [0.25, 0.3) is 0 Å². The quantitative estimate of drug-likeness (QED) is 0.515. The van der Waals surface area contributed by atoms with Crippen molar-refractivity contribution in [3.05, 3.63) is 59.3 Å². The fraction of sp³-hybridized carbons (Fsp3) is 0.423. The minimum absolute atomic E-state index is 0.243. The Hall–Kier alpha value is -3.26. The number of carbonyl (C=O) groups excluding carboxylic acids is 1. The first-order valence-electron chi connectivity index (χ1n) is 11.8. The molecule has 34 heavy (non-hydrogen) atoms. The number of pyridine rings is 1. The fourth-order valence-corrected chi connectivity index (χ4v) is 4.59. The first-order valence-corrected chi connectivity index (χ1v) is 11.8. The van der Waals surface area contributed by atoms with Crippen molar-refractivity contribution in [2.45, 2.75) is 59.1 Å². The molecule has 3 heterocycles. The lowest BCUT2D eigenvalue weighted by molar-refractivity contribution is -0.114. The summed E-state index contributed by atoms with van der Waals surface area (Å²) in [5, 5.41) is 10.7. The van der Waals surface area contributed by atoms with Gasteiger partial charge < -0.3 is 15.4 Å². The Morgan fingerprint density at radius 1 is 1.29 bits per heavy atom. The topological polar surface area (TPSA) is 81.1 Å². The second kappa shape index (κ2) is 10.3. The van der Waals surface area contributed by atoms with Gasteiger partial charge in [0.05, 0.1) is 12.2 Å². The normalized spacial score (nSPS) is 15.2. The Morgan fingerprint density at radius 3 is 2.76 bits per heavy atom. The van der Waals surface area contributed by atoms with Crippen molar-refractivity contribution in [2.75, 3.05) is 18.4 Å². The number of rotatable bonds is 7. The van der Waals surface area contributed by atoms with Crippen LogP contribution >= 0.6 is 0 Å². The molecule has 3 aromatic rings. The van der Waals surface area contributed by atoms with E-state index in [1.807, 2.05) is 37.0 Å². The molecular formula is C26H32FN5O2. The molecule has 1 unspecified atom stereocenters. The average molecular weight is 466 g/mol. The van der Waals surface area contributed by atoms with Gasteiger partial charge in [0, 0.05) is 36.0 Å². The van der Waals surface area contributed by atoms with Gasteiger partial charge in [0.1, 0.15) is 11.9 Å². The second-order valence-electron chi connectivity index (χ2n) is 8.80. The number of ether oxygens (including phenoxy) is 1. The third-order valence-corrected chi connectivity index (χ3v) is 6.40. The molecule has 2 aromatic heterocycles. The second-order valence-corrected chi connectivity index (χ2v) is 8.80. The maximum absolute atomic E-state index is 14.3. The number of amides is 1. The van der Waals surface area contributed by atoms with Crippen LogP contribution in [0.4, 0.5) is 10.2 Å². The summed E-state index contributed by atoms with van der Waals surface area (Å²) in [7, 11) is 0. The minimum atomic E-state index is -0.437. The number of hydrogen-bond donors (Lipinski definition) is 2. The van der Waals surface area contributed by atoms with Crippen LogP contribution in [-0.2, 0) is 11.2 Å². The molecule has 2 N–H and O–H groups in total. The molecule has 1 atom stereocenters. The SMILES string of the molecule is CCc1ccc(F)c(C)c1C(C)Oc1cc(-c2cnn(C3CCNCC3)c2)cnc1NC(C)=O. The molecule has 1 fully saturated rings. The van der Waals surface area contributed by atoms with E-state index in [2.05, 4.69) is 20.7 Å². The van der Waals surface area contributed by atoms with Gasteiger partial charge in [0.2, 0.25) is 5.91 Å². The Labute approximate surface area is 199 Å². The van der Waals surface area contributed by atoms with Crippen molar-refractivity contribution in [3.63, 3.8) is 0 Å². The highest BCUT2D eigenvalue weighted by Gasteiger charge is 2.21. The average Bonchev–Trinajstić information content (AvgIpc) is 3.32. The van der Waals surface area contributed by atoms with Crippen LogP contribution in [0.25, 0.3) is 11.1 Å². The van der Waals surface area contributed by atoms with Gasteiger partial charge in [-0.3, -0.25) is 9.48 Å². The van der Waals surface area contributed by atoms with Crippen molar-refractivity contribution >= 4 is 11.7 Å². The summed E-state index contributed by atoms with van der Waals surface area (Å²) in [5.41, 5.74) is 4.18. The number of carbonyl (C=O) groups is 1. The van der Waals surface area contributed by atoms with E-state index in [1.54, 1.807) is 19.2 Å². The van der Waals surface area contributed by atoms with E-state index in [4.69, 9.17) is 4.74 Å². The number of nitrogens with zero attached hydrogens (tertiary/aromatic N) is 3. The van der Waals surface area contributed by atoms with Crippen LogP contribution in [0.15, 0.2) is 36.8 Å². The zero-order chi connectivity index (χ0) is 24.2. The number of hydrogen-bond acceptors (Lipinski definition) is 5. The van der Waals surface area contributed by atoms with E-state index < -0.39 is 6.10 Å². The summed E-state index contributed by atoms with van der Waals surface area (Å²) in [6.07, 6.45) is 7.97. The molecule has 0 bridgehead atoms. The molecule has 0 aliphatic carbocycles. The Balaban J connectivity index is 1.66. The molecule has 1 aliphatic rings. The van der Waals surface area contributed by atoms with Crippen molar-refractivity contribution in [1.82, 2.24) is 20.1 Å². The molecule has 1 saturated heterocycles. The summed E-state index contributed by atoms with van der Waals surface area (Å²) >= 11 is 0. The van der Waals surface area contributed by atoms with E-state index in [-0.39, 0.29) is 11.7 Å². The molecular weight excluding hydrogens is 433 g/mol. The molecule has 0 saturated carbocycles. The molecule has 8 heteroatoms. The highest BCUT2D eigenvalue weighted by Crippen LogP contribution is 2.35. The van der Waals surface area contributed by atoms with Gasteiger partial charge in [-0.05, 0) is 69.5 Å². The number of anilines is 1. The highest BCUT2D eigenvalue weighted by molar-refractivity contribution is 5.89. The number of aryl methyl sites for hydroxylation is 1. The Morgan fingerprint density at radius 2 is 2.06 bits per heavy atom. The fourth-order valence-electron chi connectivity index (χ4n) is 4.59. The molecule has 180 valence electrons. The molecule has 1 aliphatic heterocycles. The zero-order valence-corrected chi connectivity index (χ0v) is 20.2. The third kappa shape index (κ3) is 5.12. The maximum atomic E-state index is 14.3. The monoisotopic (exact) mass is 465 g/mol. The van der Waals surface area contributed by atoms with Crippen LogP contribution in [0.5, 0.6) is 5.75 Å². The standard InChI is InChI=1S/C26H32FN5O2/c1-5-19-6-7-23(27)16(2)25(19)17(3)34-24-12-20(13-29-26(24)31-18(4)33)21-14-30-32(15-21)22-8-10-28-11-9-22/h6-7,12-15,17,22,28H,5,8-11H2,1-4H3,(H,29,31,33). The van der Waals surface area contributed by atoms with Gasteiger partial charge in [-0.15, -0.1) is 0 Å². The Bertz CT molecular complexity index is 1170. The lowest BCUT2D eigenvalue weighted by atomic mass is 9.95. The predicted octanol–water partition coefficient (Wildman–Crippen LogP) is 4.98. The minimum Gasteiger partial charge on any atom is -0.482 e. The largest absolute Gasteiger partial charge is 0.482 e. The van der Waals surface area contributed by atoms with Crippen LogP contribution in [0.1, 0.15) is 62.4 Å². The molecule has 1 amide bonds.